The largest absolute Gasteiger partial charge is 0.320 e. The SMILES string of the molecule is CNCCC(C)N1CCS(=O)(=O)CC1. The van der Waals surface area contributed by atoms with Crippen molar-refractivity contribution in [1.29, 1.82) is 0 Å². The van der Waals surface area contributed by atoms with Gasteiger partial charge in [-0.15, -0.1) is 0 Å². The van der Waals surface area contributed by atoms with Crippen LogP contribution in [0.4, 0.5) is 0 Å². The lowest BCUT2D eigenvalue weighted by Crippen LogP contribution is -2.45. The normalized spacial score (nSPS) is 24.7. The molecule has 0 spiro atoms. The molecule has 1 aliphatic heterocycles. The fraction of sp³-hybridized carbons (Fsp3) is 1.00. The van der Waals surface area contributed by atoms with Crippen LogP contribution in [0.1, 0.15) is 13.3 Å². The molecule has 0 aromatic rings. The predicted molar refractivity (Wildman–Crippen MR) is 58.2 cm³/mol. The first-order valence-corrected chi connectivity index (χ1v) is 6.96. The summed E-state index contributed by atoms with van der Waals surface area (Å²) in [5.74, 6) is 0.661. The van der Waals surface area contributed by atoms with Crippen LogP contribution >= 0.6 is 0 Å². The Balaban J connectivity index is 2.34. The Hall–Kier alpha value is -0.130. The smallest absolute Gasteiger partial charge is 0.152 e. The zero-order valence-corrected chi connectivity index (χ0v) is 9.81. The monoisotopic (exact) mass is 220 g/mol. The van der Waals surface area contributed by atoms with Gasteiger partial charge in [0.05, 0.1) is 11.5 Å². The van der Waals surface area contributed by atoms with Crippen molar-refractivity contribution < 1.29 is 8.42 Å². The highest BCUT2D eigenvalue weighted by Gasteiger charge is 2.24. The summed E-state index contributed by atoms with van der Waals surface area (Å²) >= 11 is 0. The molecule has 0 bridgehead atoms. The molecule has 1 fully saturated rings. The van der Waals surface area contributed by atoms with Crippen LogP contribution in [0.2, 0.25) is 0 Å². The quantitative estimate of drug-likeness (QED) is 0.707. The van der Waals surface area contributed by atoms with E-state index in [1.807, 2.05) is 7.05 Å². The molecule has 14 heavy (non-hydrogen) atoms. The van der Waals surface area contributed by atoms with E-state index in [-0.39, 0.29) is 0 Å². The number of sulfone groups is 1. The molecule has 1 N–H and O–H groups in total. The highest BCUT2D eigenvalue weighted by molar-refractivity contribution is 7.91. The molecule has 1 saturated heterocycles. The van der Waals surface area contributed by atoms with Gasteiger partial charge >= 0.3 is 0 Å². The van der Waals surface area contributed by atoms with Gasteiger partial charge in [0.1, 0.15) is 0 Å². The summed E-state index contributed by atoms with van der Waals surface area (Å²) in [6, 6.07) is 0.484. The molecule has 0 radical (unpaired) electrons. The highest BCUT2D eigenvalue weighted by atomic mass is 32.2. The van der Waals surface area contributed by atoms with Crippen LogP contribution in [-0.2, 0) is 9.84 Å². The van der Waals surface area contributed by atoms with Crippen molar-refractivity contribution in [3.8, 4) is 0 Å². The van der Waals surface area contributed by atoms with Crippen LogP contribution in [0, 0.1) is 0 Å². The fourth-order valence-electron chi connectivity index (χ4n) is 1.70. The van der Waals surface area contributed by atoms with Crippen LogP contribution in [0.3, 0.4) is 0 Å². The number of rotatable bonds is 4. The zero-order chi connectivity index (χ0) is 10.6. The maximum absolute atomic E-state index is 11.2. The average molecular weight is 220 g/mol. The van der Waals surface area contributed by atoms with Gasteiger partial charge in [-0.1, -0.05) is 0 Å². The zero-order valence-electron chi connectivity index (χ0n) is 8.99. The van der Waals surface area contributed by atoms with E-state index in [0.29, 0.717) is 30.6 Å². The molecule has 5 heteroatoms. The van der Waals surface area contributed by atoms with Crippen LogP contribution in [0.5, 0.6) is 0 Å². The first-order chi connectivity index (χ1) is 6.55. The molecule has 0 aliphatic carbocycles. The van der Waals surface area contributed by atoms with Crippen molar-refractivity contribution in [2.24, 2.45) is 0 Å². The summed E-state index contributed by atoms with van der Waals surface area (Å²) < 4.78 is 22.4. The summed E-state index contributed by atoms with van der Waals surface area (Å²) in [5, 5.41) is 3.11. The van der Waals surface area contributed by atoms with Crippen LogP contribution in [-0.4, -0.2) is 57.5 Å². The first kappa shape index (κ1) is 11.9. The van der Waals surface area contributed by atoms with Crippen molar-refractivity contribution >= 4 is 9.84 Å². The second-order valence-corrected chi connectivity index (χ2v) is 6.23. The predicted octanol–water partition coefficient (Wildman–Crippen LogP) is -0.285. The van der Waals surface area contributed by atoms with Gasteiger partial charge in [0.2, 0.25) is 0 Å². The van der Waals surface area contributed by atoms with Gasteiger partial charge in [-0.25, -0.2) is 8.42 Å². The molecule has 0 aromatic carbocycles. The standard InChI is InChI=1S/C9H20N2O2S/c1-9(3-4-10-2)11-5-7-14(12,13)8-6-11/h9-10H,3-8H2,1-2H3. The molecule has 1 heterocycles. The Morgan fingerprint density at radius 3 is 2.43 bits per heavy atom. The molecule has 1 unspecified atom stereocenters. The maximum Gasteiger partial charge on any atom is 0.152 e. The molecule has 84 valence electrons. The van der Waals surface area contributed by atoms with Crippen molar-refractivity contribution in [3.05, 3.63) is 0 Å². The summed E-state index contributed by atoms with van der Waals surface area (Å²) in [5.41, 5.74) is 0. The van der Waals surface area contributed by atoms with E-state index in [1.54, 1.807) is 0 Å². The highest BCUT2D eigenvalue weighted by Crippen LogP contribution is 2.09. The summed E-state index contributed by atoms with van der Waals surface area (Å²) in [4.78, 5) is 2.26. The third-order valence-electron chi connectivity index (χ3n) is 2.81. The molecule has 0 aromatic heterocycles. The van der Waals surface area contributed by atoms with Crippen LogP contribution < -0.4 is 5.32 Å². The lowest BCUT2D eigenvalue weighted by Gasteiger charge is -2.32. The summed E-state index contributed by atoms with van der Waals surface area (Å²) in [7, 11) is -0.789. The molecule has 0 amide bonds. The van der Waals surface area contributed by atoms with E-state index in [0.717, 1.165) is 13.0 Å². The average Bonchev–Trinajstić information content (AvgIpc) is 2.14. The minimum Gasteiger partial charge on any atom is -0.320 e. The minimum absolute atomic E-state index is 0.330. The Bertz CT molecular complexity index is 250. The Labute approximate surface area is 86.6 Å². The Morgan fingerprint density at radius 2 is 1.93 bits per heavy atom. The third kappa shape index (κ3) is 3.55. The van der Waals surface area contributed by atoms with E-state index in [1.165, 1.54) is 0 Å². The van der Waals surface area contributed by atoms with Crippen LogP contribution in [0.15, 0.2) is 0 Å². The number of nitrogens with one attached hydrogen (secondary N) is 1. The van der Waals surface area contributed by atoms with Gasteiger partial charge in [0.25, 0.3) is 0 Å². The molecular weight excluding hydrogens is 200 g/mol. The van der Waals surface area contributed by atoms with E-state index in [2.05, 4.69) is 17.1 Å². The van der Waals surface area contributed by atoms with Gasteiger partial charge in [-0.3, -0.25) is 4.90 Å². The first-order valence-electron chi connectivity index (χ1n) is 5.14. The maximum atomic E-state index is 11.2. The topological polar surface area (TPSA) is 49.4 Å². The molecule has 1 atom stereocenters. The molecule has 4 nitrogen and oxygen atoms in total. The van der Waals surface area contributed by atoms with Crippen molar-refractivity contribution in [3.63, 3.8) is 0 Å². The van der Waals surface area contributed by atoms with Crippen LogP contribution in [0.25, 0.3) is 0 Å². The number of hydrogen-bond acceptors (Lipinski definition) is 4. The molecular formula is C9H20N2O2S. The fourth-order valence-corrected chi connectivity index (χ4v) is 2.93. The van der Waals surface area contributed by atoms with Crippen molar-refractivity contribution in [1.82, 2.24) is 10.2 Å². The van der Waals surface area contributed by atoms with E-state index in [9.17, 15) is 8.42 Å². The third-order valence-corrected chi connectivity index (χ3v) is 4.42. The lowest BCUT2D eigenvalue weighted by atomic mass is 10.2. The lowest BCUT2D eigenvalue weighted by molar-refractivity contribution is 0.216. The van der Waals surface area contributed by atoms with Gasteiger partial charge in [-0.2, -0.15) is 0 Å². The summed E-state index contributed by atoms with van der Waals surface area (Å²) in [6.45, 7) is 4.56. The second-order valence-electron chi connectivity index (χ2n) is 3.93. The Kier molecular flexibility index (Phi) is 4.34. The van der Waals surface area contributed by atoms with Crippen molar-refractivity contribution in [2.75, 3.05) is 38.2 Å². The number of hydrogen-bond donors (Lipinski definition) is 1. The van der Waals surface area contributed by atoms with E-state index in [4.69, 9.17) is 0 Å². The van der Waals surface area contributed by atoms with Gasteiger partial charge < -0.3 is 5.32 Å². The Morgan fingerprint density at radius 1 is 1.36 bits per heavy atom. The molecule has 1 aliphatic rings. The second kappa shape index (κ2) is 5.09. The number of nitrogens with zero attached hydrogens (tertiary/aromatic N) is 1. The van der Waals surface area contributed by atoms with E-state index < -0.39 is 9.84 Å². The molecule has 1 rings (SSSR count). The van der Waals surface area contributed by atoms with Gasteiger partial charge in [-0.05, 0) is 26.9 Å². The van der Waals surface area contributed by atoms with Gasteiger partial charge in [0, 0.05) is 19.1 Å². The molecule has 0 saturated carbocycles. The minimum atomic E-state index is -2.73. The summed E-state index contributed by atoms with van der Waals surface area (Å²) in [6.07, 6.45) is 1.08. The van der Waals surface area contributed by atoms with Gasteiger partial charge in [0.15, 0.2) is 9.84 Å². The van der Waals surface area contributed by atoms with Crippen molar-refractivity contribution in [2.45, 2.75) is 19.4 Å². The van der Waals surface area contributed by atoms with E-state index >= 15 is 0 Å².